The molecule has 0 aliphatic rings. The first-order valence-electron chi connectivity index (χ1n) is 7.78. The molecule has 0 bridgehead atoms. The molecule has 2 aromatic carbocycles. The van der Waals surface area contributed by atoms with E-state index in [1.165, 1.54) is 6.26 Å². The van der Waals surface area contributed by atoms with E-state index in [9.17, 15) is 13.5 Å². The number of aliphatic imine (C=N–C) groups is 1. The van der Waals surface area contributed by atoms with Crippen LogP contribution >= 0.6 is 11.3 Å². The van der Waals surface area contributed by atoms with Crippen LogP contribution in [0.1, 0.15) is 11.1 Å². The predicted molar refractivity (Wildman–Crippen MR) is 105 cm³/mol. The van der Waals surface area contributed by atoms with Gasteiger partial charge in [-0.05, 0) is 29.8 Å². The zero-order valence-electron chi connectivity index (χ0n) is 13.8. The summed E-state index contributed by atoms with van der Waals surface area (Å²) in [4.78, 5) is 11.7. The van der Waals surface area contributed by atoms with Gasteiger partial charge in [0.1, 0.15) is 0 Å². The van der Waals surface area contributed by atoms with Crippen molar-refractivity contribution in [1.29, 1.82) is 0 Å². The fourth-order valence-electron chi connectivity index (χ4n) is 2.87. The second kappa shape index (κ2) is 6.22. The molecule has 0 aliphatic carbocycles. The van der Waals surface area contributed by atoms with Crippen molar-refractivity contribution in [3.05, 3.63) is 53.0 Å². The number of sulfone groups is 1. The van der Waals surface area contributed by atoms with Crippen LogP contribution in [0.2, 0.25) is 0 Å². The highest BCUT2D eigenvalue weighted by Gasteiger charge is 2.13. The Kier molecular flexibility index (Phi) is 4.01. The lowest BCUT2D eigenvalue weighted by Gasteiger charge is -2.00. The molecule has 0 aliphatic heterocycles. The van der Waals surface area contributed by atoms with Crippen molar-refractivity contribution >= 4 is 54.2 Å². The maximum Gasteiger partial charge on any atom is 0.198 e. The largest absolute Gasteiger partial charge is 0.494 e. The minimum Gasteiger partial charge on any atom is -0.494 e. The van der Waals surface area contributed by atoms with Crippen molar-refractivity contribution in [2.45, 2.75) is 5.75 Å². The normalized spacial score (nSPS) is 12.5. The summed E-state index contributed by atoms with van der Waals surface area (Å²) in [6.45, 7) is 0. The van der Waals surface area contributed by atoms with E-state index in [1.54, 1.807) is 47.3 Å². The van der Waals surface area contributed by atoms with Crippen LogP contribution in [-0.2, 0) is 15.6 Å². The Morgan fingerprint density at radius 3 is 2.73 bits per heavy atom. The van der Waals surface area contributed by atoms with Gasteiger partial charge in [0.15, 0.2) is 15.7 Å². The number of rotatable bonds is 4. The Balaban J connectivity index is 1.71. The average Bonchev–Trinajstić information content (AvgIpc) is 3.16. The highest BCUT2D eigenvalue weighted by atomic mass is 32.2. The molecule has 0 fully saturated rings. The van der Waals surface area contributed by atoms with Gasteiger partial charge in [-0.25, -0.2) is 13.4 Å². The summed E-state index contributed by atoms with van der Waals surface area (Å²) in [5.74, 6) is 0.0418. The number of thiazole rings is 1. The third kappa shape index (κ3) is 3.21. The summed E-state index contributed by atoms with van der Waals surface area (Å²) in [7, 11) is -3.06. The maximum absolute atomic E-state index is 11.3. The third-order valence-electron chi connectivity index (χ3n) is 3.99. The van der Waals surface area contributed by atoms with E-state index in [0.29, 0.717) is 16.8 Å². The first-order valence-corrected chi connectivity index (χ1v) is 10.7. The van der Waals surface area contributed by atoms with Gasteiger partial charge in [-0.2, -0.15) is 0 Å². The molecule has 26 heavy (non-hydrogen) atoms. The second-order valence-electron chi connectivity index (χ2n) is 6.07. The van der Waals surface area contributed by atoms with Gasteiger partial charge in [-0.1, -0.05) is 12.1 Å². The van der Waals surface area contributed by atoms with E-state index in [-0.39, 0.29) is 11.6 Å². The predicted octanol–water partition coefficient (Wildman–Crippen LogP) is 3.78. The van der Waals surface area contributed by atoms with Crippen molar-refractivity contribution in [3.8, 4) is 5.88 Å². The summed E-state index contributed by atoms with van der Waals surface area (Å²) in [6, 6.07) is 10.9. The van der Waals surface area contributed by atoms with Gasteiger partial charge in [0.2, 0.25) is 0 Å². The number of aromatic amines is 1. The first-order chi connectivity index (χ1) is 12.4. The number of nitrogens with one attached hydrogen (secondary N) is 1. The number of hydrogen-bond acceptors (Lipinski definition) is 6. The standard InChI is InChI=1S/C18H15N3O3S2/c1-26(23,24)9-11-2-4-12(5-3-11)19-8-13-16-14(21-18(13)22)6-7-15-17(16)20-10-25-15/h2-8,10,21-22H,9H2,1H3. The Morgan fingerprint density at radius 1 is 1.23 bits per heavy atom. The van der Waals surface area contributed by atoms with Crippen LogP contribution in [0.3, 0.4) is 0 Å². The van der Waals surface area contributed by atoms with Gasteiger partial charge in [-0.3, -0.25) is 4.99 Å². The Bertz CT molecular complexity index is 1240. The molecule has 2 N–H and O–H groups in total. The molecule has 0 radical (unpaired) electrons. The first kappa shape index (κ1) is 16.7. The SMILES string of the molecule is CS(=O)(=O)Cc1ccc(N=Cc2c(O)[nH]c3ccc4scnc4c23)cc1. The van der Waals surface area contributed by atoms with Crippen molar-refractivity contribution in [2.24, 2.45) is 4.99 Å². The van der Waals surface area contributed by atoms with Crippen LogP contribution in [0.4, 0.5) is 5.69 Å². The number of nitrogens with zero attached hydrogens (tertiary/aromatic N) is 2. The van der Waals surface area contributed by atoms with E-state index in [1.807, 2.05) is 12.1 Å². The van der Waals surface area contributed by atoms with Crippen molar-refractivity contribution < 1.29 is 13.5 Å². The molecule has 0 unspecified atom stereocenters. The van der Waals surface area contributed by atoms with Gasteiger partial charge in [0.25, 0.3) is 0 Å². The number of H-pyrrole nitrogens is 1. The molecule has 6 nitrogen and oxygen atoms in total. The van der Waals surface area contributed by atoms with Crippen molar-refractivity contribution in [1.82, 2.24) is 9.97 Å². The fourth-order valence-corrected chi connectivity index (χ4v) is 4.35. The number of aromatic nitrogens is 2. The summed E-state index contributed by atoms with van der Waals surface area (Å²) in [5, 5.41) is 11.1. The van der Waals surface area contributed by atoms with Crippen molar-refractivity contribution in [3.63, 3.8) is 0 Å². The van der Waals surface area contributed by atoms with Crippen LogP contribution < -0.4 is 0 Å². The Morgan fingerprint density at radius 2 is 2.00 bits per heavy atom. The van der Waals surface area contributed by atoms with Gasteiger partial charge >= 0.3 is 0 Å². The monoisotopic (exact) mass is 385 g/mol. The summed E-state index contributed by atoms with van der Waals surface area (Å²) < 4.78 is 23.7. The number of benzene rings is 2. The van der Waals surface area contributed by atoms with Gasteiger partial charge < -0.3 is 10.1 Å². The lowest BCUT2D eigenvalue weighted by Crippen LogP contribution is -1.99. The van der Waals surface area contributed by atoms with Gasteiger partial charge in [-0.15, -0.1) is 11.3 Å². The van der Waals surface area contributed by atoms with E-state index in [2.05, 4.69) is 15.0 Å². The fraction of sp³-hybridized carbons (Fsp3) is 0.111. The Hall–Kier alpha value is -2.71. The molecule has 4 rings (SSSR count). The molecule has 2 aromatic heterocycles. The molecule has 0 saturated carbocycles. The molecule has 8 heteroatoms. The Labute approximate surface area is 153 Å². The molecular weight excluding hydrogens is 370 g/mol. The van der Waals surface area contributed by atoms with E-state index in [0.717, 1.165) is 21.1 Å². The molecular formula is C18H15N3O3S2. The average molecular weight is 385 g/mol. The number of hydrogen-bond donors (Lipinski definition) is 2. The molecule has 0 saturated heterocycles. The second-order valence-corrected chi connectivity index (χ2v) is 9.10. The molecule has 0 spiro atoms. The molecule has 132 valence electrons. The molecule has 0 amide bonds. The summed E-state index contributed by atoms with van der Waals surface area (Å²) in [6.07, 6.45) is 2.80. The van der Waals surface area contributed by atoms with E-state index < -0.39 is 9.84 Å². The third-order valence-corrected chi connectivity index (χ3v) is 5.64. The van der Waals surface area contributed by atoms with Crippen LogP contribution in [0.15, 0.2) is 46.9 Å². The lowest BCUT2D eigenvalue weighted by molar-refractivity contribution is 0.457. The lowest BCUT2D eigenvalue weighted by atomic mass is 10.1. The quantitative estimate of drug-likeness (QED) is 0.523. The summed E-state index contributed by atoms with van der Waals surface area (Å²) >= 11 is 1.54. The molecule has 0 atom stereocenters. The van der Waals surface area contributed by atoms with Gasteiger partial charge in [0, 0.05) is 17.9 Å². The van der Waals surface area contributed by atoms with E-state index in [4.69, 9.17) is 0 Å². The van der Waals surface area contributed by atoms with Crippen LogP contribution in [0, 0.1) is 0 Å². The topological polar surface area (TPSA) is 95.4 Å². The molecule has 4 aromatic rings. The minimum absolute atomic E-state index is 0.00202. The van der Waals surface area contributed by atoms with Crippen LogP contribution in [0.5, 0.6) is 5.88 Å². The molecule has 2 heterocycles. The van der Waals surface area contributed by atoms with Crippen LogP contribution in [-0.4, -0.2) is 36.0 Å². The zero-order valence-corrected chi connectivity index (χ0v) is 15.4. The van der Waals surface area contributed by atoms with E-state index >= 15 is 0 Å². The highest BCUT2D eigenvalue weighted by Crippen LogP contribution is 2.33. The number of aromatic hydroxyl groups is 1. The smallest absolute Gasteiger partial charge is 0.198 e. The maximum atomic E-state index is 11.3. The van der Waals surface area contributed by atoms with Gasteiger partial charge in [0.05, 0.1) is 38.2 Å². The minimum atomic E-state index is -3.06. The zero-order chi connectivity index (χ0) is 18.3. The van der Waals surface area contributed by atoms with Crippen molar-refractivity contribution in [2.75, 3.05) is 6.26 Å². The highest BCUT2D eigenvalue weighted by molar-refractivity contribution is 7.89. The number of fused-ring (bicyclic) bond motifs is 3. The summed E-state index contributed by atoms with van der Waals surface area (Å²) in [5.41, 5.74) is 5.36. The van der Waals surface area contributed by atoms with Crippen LogP contribution in [0.25, 0.3) is 21.1 Å².